The lowest BCUT2D eigenvalue weighted by Crippen LogP contribution is -2.45. The van der Waals surface area contributed by atoms with Crippen molar-refractivity contribution in [3.63, 3.8) is 0 Å². The zero-order chi connectivity index (χ0) is 19.7. The molecule has 2 heterocycles. The molecule has 1 saturated carbocycles. The number of carbonyl (C=O) groups excluding carboxylic acids is 2. The summed E-state index contributed by atoms with van der Waals surface area (Å²) in [5.74, 6) is 0.376. The van der Waals surface area contributed by atoms with E-state index in [-0.39, 0.29) is 17.7 Å². The number of amides is 2. The van der Waals surface area contributed by atoms with Gasteiger partial charge in [0.05, 0.1) is 17.2 Å². The van der Waals surface area contributed by atoms with Gasteiger partial charge >= 0.3 is 0 Å². The SMILES string of the molecule is Cc1[nH]ncc1C(=O)N1CCCC(CNC(=O)C2(c3ccc(Cl)cc3)CC2)C1. The van der Waals surface area contributed by atoms with E-state index < -0.39 is 5.41 Å². The minimum Gasteiger partial charge on any atom is -0.355 e. The maximum absolute atomic E-state index is 12.9. The van der Waals surface area contributed by atoms with E-state index in [0.29, 0.717) is 23.7 Å². The normalized spacial score (nSPS) is 20.6. The molecule has 1 atom stereocenters. The van der Waals surface area contributed by atoms with Gasteiger partial charge in [0.1, 0.15) is 0 Å². The largest absolute Gasteiger partial charge is 0.355 e. The van der Waals surface area contributed by atoms with Gasteiger partial charge in [-0.1, -0.05) is 23.7 Å². The molecule has 148 valence electrons. The first-order chi connectivity index (χ1) is 13.5. The molecule has 1 aromatic heterocycles. The number of H-pyrrole nitrogens is 1. The van der Waals surface area contributed by atoms with Crippen LogP contribution in [0, 0.1) is 12.8 Å². The number of benzene rings is 1. The van der Waals surface area contributed by atoms with Gasteiger partial charge in [0.2, 0.25) is 5.91 Å². The lowest BCUT2D eigenvalue weighted by Gasteiger charge is -2.33. The number of carbonyl (C=O) groups is 2. The number of nitrogens with one attached hydrogen (secondary N) is 2. The molecule has 2 aromatic rings. The number of piperidine rings is 1. The van der Waals surface area contributed by atoms with E-state index in [4.69, 9.17) is 11.6 Å². The van der Waals surface area contributed by atoms with Gasteiger partial charge in [-0.3, -0.25) is 14.7 Å². The van der Waals surface area contributed by atoms with Gasteiger partial charge in [-0.25, -0.2) is 0 Å². The van der Waals surface area contributed by atoms with Gasteiger partial charge < -0.3 is 10.2 Å². The molecule has 1 saturated heterocycles. The quantitative estimate of drug-likeness (QED) is 0.809. The summed E-state index contributed by atoms with van der Waals surface area (Å²) >= 11 is 5.97. The van der Waals surface area contributed by atoms with E-state index in [0.717, 1.165) is 43.5 Å². The second kappa shape index (κ2) is 7.59. The smallest absolute Gasteiger partial charge is 0.257 e. The Morgan fingerprint density at radius 3 is 2.71 bits per heavy atom. The fourth-order valence-corrected chi connectivity index (χ4v) is 4.23. The van der Waals surface area contributed by atoms with Crippen LogP contribution in [0.1, 0.15) is 47.3 Å². The summed E-state index contributed by atoms with van der Waals surface area (Å²) in [4.78, 5) is 27.5. The zero-order valence-corrected chi connectivity index (χ0v) is 16.8. The van der Waals surface area contributed by atoms with Crippen molar-refractivity contribution in [2.24, 2.45) is 5.92 Å². The van der Waals surface area contributed by atoms with Crippen molar-refractivity contribution in [1.29, 1.82) is 0 Å². The predicted molar refractivity (Wildman–Crippen MR) is 107 cm³/mol. The maximum Gasteiger partial charge on any atom is 0.257 e. The Bertz CT molecular complexity index is 873. The van der Waals surface area contributed by atoms with E-state index in [1.54, 1.807) is 6.20 Å². The first-order valence-electron chi connectivity index (χ1n) is 9.83. The first-order valence-corrected chi connectivity index (χ1v) is 10.2. The van der Waals surface area contributed by atoms with Crippen LogP contribution in [0.3, 0.4) is 0 Å². The van der Waals surface area contributed by atoms with Crippen LogP contribution in [0.4, 0.5) is 0 Å². The van der Waals surface area contributed by atoms with Crippen LogP contribution in [0.15, 0.2) is 30.5 Å². The number of hydrogen-bond acceptors (Lipinski definition) is 3. The molecule has 2 amide bonds. The molecule has 7 heteroatoms. The number of hydrogen-bond donors (Lipinski definition) is 2. The third-order valence-corrected chi connectivity index (χ3v) is 6.25. The summed E-state index contributed by atoms with van der Waals surface area (Å²) in [6.07, 6.45) is 5.30. The molecule has 2 fully saturated rings. The van der Waals surface area contributed by atoms with Gasteiger partial charge in [-0.05, 0) is 56.2 Å². The number of rotatable bonds is 5. The van der Waals surface area contributed by atoms with E-state index in [9.17, 15) is 9.59 Å². The summed E-state index contributed by atoms with van der Waals surface area (Å²) in [5.41, 5.74) is 2.05. The highest BCUT2D eigenvalue weighted by atomic mass is 35.5. The van der Waals surface area contributed by atoms with Crippen molar-refractivity contribution in [1.82, 2.24) is 20.4 Å². The summed E-state index contributed by atoms with van der Waals surface area (Å²) in [5, 5.41) is 10.6. The third-order valence-electron chi connectivity index (χ3n) is 6.00. The van der Waals surface area contributed by atoms with Crippen LogP contribution in [0.5, 0.6) is 0 Å². The number of nitrogens with zero attached hydrogens (tertiary/aromatic N) is 2. The number of halogens is 1. The molecular formula is C21H25ClN4O2. The van der Waals surface area contributed by atoms with E-state index >= 15 is 0 Å². The molecule has 2 N–H and O–H groups in total. The fraction of sp³-hybridized carbons (Fsp3) is 0.476. The van der Waals surface area contributed by atoms with E-state index in [2.05, 4.69) is 15.5 Å². The Morgan fingerprint density at radius 1 is 1.32 bits per heavy atom. The molecule has 4 rings (SSSR count). The van der Waals surface area contributed by atoms with Crippen LogP contribution < -0.4 is 5.32 Å². The van der Waals surface area contributed by atoms with Crippen LogP contribution in [0.25, 0.3) is 0 Å². The van der Waals surface area contributed by atoms with Crippen molar-refractivity contribution in [3.8, 4) is 0 Å². The maximum atomic E-state index is 12.9. The number of likely N-dealkylation sites (tertiary alicyclic amines) is 1. The van der Waals surface area contributed by atoms with Crippen molar-refractivity contribution in [2.45, 2.75) is 38.0 Å². The minimum absolute atomic E-state index is 0.0158. The lowest BCUT2D eigenvalue weighted by atomic mass is 9.93. The monoisotopic (exact) mass is 400 g/mol. The lowest BCUT2D eigenvalue weighted by molar-refractivity contribution is -0.123. The van der Waals surface area contributed by atoms with Crippen LogP contribution in [-0.4, -0.2) is 46.5 Å². The topological polar surface area (TPSA) is 78.1 Å². The minimum atomic E-state index is -0.400. The highest BCUT2D eigenvalue weighted by molar-refractivity contribution is 6.30. The number of aromatic amines is 1. The molecule has 0 spiro atoms. The van der Waals surface area contributed by atoms with Gasteiger partial charge in [0, 0.05) is 30.4 Å². The van der Waals surface area contributed by atoms with Gasteiger partial charge in [-0.2, -0.15) is 5.10 Å². The van der Waals surface area contributed by atoms with Crippen LogP contribution >= 0.6 is 11.6 Å². The summed E-state index contributed by atoms with van der Waals surface area (Å²) in [6, 6.07) is 7.58. The Balaban J connectivity index is 1.34. The van der Waals surface area contributed by atoms with E-state index in [1.165, 1.54) is 0 Å². The summed E-state index contributed by atoms with van der Waals surface area (Å²) in [7, 11) is 0. The van der Waals surface area contributed by atoms with Crippen molar-refractivity contribution >= 4 is 23.4 Å². The molecule has 6 nitrogen and oxygen atoms in total. The zero-order valence-electron chi connectivity index (χ0n) is 16.0. The van der Waals surface area contributed by atoms with Crippen LogP contribution in [-0.2, 0) is 10.2 Å². The molecular weight excluding hydrogens is 376 g/mol. The van der Waals surface area contributed by atoms with Crippen molar-refractivity contribution in [2.75, 3.05) is 19.6 Å². The Labute approximate surface area is 169 Å². The second-order valence-electron chi connectivity index (χ2n) is 7.97. The molecule has 0 bridgehead atoms. The standard InChI is InChI=1S/C21H25ClN4O2/c1-14-18(12-24-25-14)19(27)26-10-2-3-15(13-26)11-23-20(28)21(8-9-21)16-4-6-17(22)7-5-16/h4-7,12,15H,2-3,8-11,13H2,1H3,(H,23,28)(H,24,25). The fourth-order valence-electron chi connectivity index (χ4n) is 4.10. The van der Waals surface area contributed by atoms with Gasteiger partial charge in [-0.15, -0.1) is 0 Å². The summed E-state index contributed by atoms with van der Waals surface area (Å²) in [6.45, 7) is 3.87. The van der Waals surface area contributed by atoms with Crippen molar-refractivity contribution in [3.05, 3.63) is 52.3 Å². The van der Waals surface area contributed by atoms with E-state index in [1.807, 2.05) is 36.1 Å². The Kier molecular flexibility index (Phi) is 5.15. The molecule has 2 aliphatic rings. The highest BCUT2D eigenvalue weighted by Crippen LogP contribution is 2.48. The molecule has 0 radical (unpaired) electrons. The summed E-state index contributed by atoms with van der Waals surface area (Å²) < 4.78 is 0. The van der Waals surface area contributed by atoms with Crippen LogP contribution in [0.2, 0.25) is 5.02 Å². The molecule has 1 aliphatic carbocycles. The Hall–Kier alpha value is -2.34. The molecule has 1 aliphatic heterocycles. The average Bonchev–Trinajstić information content (AvgIpc) is 3.41. The average molecular weight is 401 g/mol. The molecule has 1 unspecified atom stereocenters. The first kappa shape index (κ1) is 19.0. The highest BCUT2D eigenvalue weighted by Gasteiger charge is 2.51. The predicted octanol–water partition coefficient (Wildman–Crippen LogP) is 3.07. The van der Waals surface area contributed by atoms with Gasteiger partial charge in [0.15, 0.2) is 0 Å². The van der Waals surface area contributed by atoms with Crippen molar-refractivity contribution < 1.29 is 9.59 Å². The second-order valence-corrected chi connectivity index (χ2v) is 8.40. The third kappa shape index (κ3) is 3.65. The molecule has 28 heavy (non-hydrogen) atoms. The van der Waals surface area contributed by atoms with Gasteiger partial charge in [0.25, 0.3) is 5.91 Å². The molecule has 1 aromatic carbocycles. The Morgan fingerprint density at radius 2 is 2.07 bits per heavy atom. The number of aryl methyl sites for hydroxylation is 1. The number of aromatic nitrogens is 2.